The molecule has 1 N–H and O–H groups in total. The molecule has 120 valence electrons. The van der Waals surface area contributed by atoms with Crippen LogP contribution in [0.5, 0.6) is 0 Å². The highest BCUT2D eigenvalue weighted by Crippen LogP contribution is 2.32. The van der Waals surface area contributed by atoms with Crippen LogP contribution in [-0.4, -0.2) is 15.6 Å². The molecule has 0 aliphatic carbocycles. The zero-order chi connectivity index (χ0) is 16.3. The van der Waals surface area contributed by atoms with Crippen LogP contribution >= 0.6 is 0 Å². The van der Waals surface area contributed by atoms with Gasteiger partial charge in [0, 0.05) is 17.6 Å². The monoisotopic (exact) mass is 301 g/mol. The Morgan fingerprint density at radius 3 is 2.45 bits per heavy atom. The molecule has 2 aromatic rings. The van der Waals surface area contributed by atoms with Crippen molar-refractivity contribution in [2.45, 2.75) is 66.3 Å². The summed E-state index contributed by atoms with van der Waals surface area (Å²) >= 11 is 0. The Morgan fingerprint density at radius 1 is 1.18 bits per heavy atom. The maximum absolute atomic E-state index is 11.4. The van der Waals surface area contributed by atoms with Crippen molar-refractivity contribution < 1.29 is 9.90 Å². The van der Waals surface area contributed by atoms with E-state index in [4.69, 9.17) is 0 Å². The van der Waals surface area contributed by atoms with Crippen molar-refractivity contribution in [1.82, 2.24) is 4.57 Å². The Kier molecular flexibility index (Phi) is 5.28. The second-order valence-corrected chi connectivity index (χ2v) is 6.01. The van der Waals surface area contributed by atoms with Gasteiger partial charge in [0.1, 0.15) is 0 Å². The molecule has 0 radical (unpaired) electrons. The Labute approximate surface area is 133 Å². The highest BCUT2D eigenvalue weighted by Gasteiger charge is 2.18. The summed E-state index contributed by atoms with van der Waals surface area (Å²) < 4.78 is 2.39. The maximum atomic E-state index is 11.4. The molecule has 0 bridgehead atoms. The molecule has 0 unspecified atom stereocenters. The van der Waals surface area contributed by atoms with E-state index in [1.807, 2.05) is 12.1 Å². The van der Waals surface area contributed by atoms with Crippen LogP contribution in [0.2, 0.25) is 0 Å². The number of carboxylic acid groups (broad SMARTS) is 1. The molecule has 3 heteroatoms. The summed E-state index contributed by atoms with van der Waals surface area (Å²) in [5.41, 5.74) is 5.45. The summed E-state index contributed by atoms with van der Waals surface area (Å²) in [4.78, 5) is 11.4. The van der Waals surface area contributed by atoms with E-state index in [9.17, 15) is 9.90 Å². The quantitative estimate of drug-likeness (QED) is 0.785. The van der Waals surface area contributed by atoms with Gasteiger partial charge in [-0.05, 0) is 55.9 Å². The standard InChI is InChI=1S/C19H27NO2/c1-5-8-9-16-13(4)20(10-6-2)18-14(7-3)11-15(19(21)22)12-17(16)18/h11-12H,5-10H2,1-4H3,(H,21,22). The SMILES string of the molecule is CCCCc1c(C)n(CCC)c2c(CC)cc(C(=O)O)cc12. The van der Waals surface area contributed by atoms with E-state index < -0.39 is 5.97 Å². The Balaban J connectivity index is 2.78. The number of carbonyl (C=O) groups is 1. The van der Waals surface area contributed by atoms with Crippen LogP contribution in [0.25, 0.3) is 10.9 Å². The first-order valence-corrected chi connectivity index (χ1v) is 8.42. The first-order chi connectivity index (χ1) is 10.5. The topological polar surface area (TPSA) is 42.2 Å². The second kappa shape index (κ2) is 6.99. The lowest BCUT2D eigenvalue weighted by Crippen LogP contribution is -2.03. The molecular weight excluding hydrogens is 274 g/mol. The smallest absolute Gasteiger partial charge is 0.335 e. The molecule has 1 heterocycles. The molecule has 0 aliphatic rings. The molecule has 3 nitrogen and oxygen atoms in total. The lowest BCUT2D eigenvalue weighted by atomic mass is 9.99. The summed E-state index contributed by atoms with van der Waals surface area (Å²) in [6.45, 7) is 9.66. The van der Waals surface area contributed by atoms with E-state index in [1.54, 1.807) is 0 Å². The van der Waals surface area contributed by atoms with Gasteiger partial charge < -0.3 is 9.67 Å². The Bertz CT molecular complexity index is 683. The van der Waals surface area contributed by atoms with Gasteiger partial charge in [-0.15, -0.1) is 0 Å². The van der Waals surface area contributed by atoms with E-state index in [2.05, 4.69) is 32.3 Å². The number of aromatic carboxylic acids is 1. The fourth-order valence-electron chi connectivity index (χ4n) is 3.33. The van der Waals surface area contributed by atoms with Gasteiger partial charge in [0.2, 0.25) is 0 Å². The zero-order valence-electron chi connectivity index (χ0n) is 14.2. The van der Waals surface area contributed by atoms with Crippen molar-refractivity contribution in [2.75, 3.05) is 0 Å². The number of hydrogen-bond donors (Lipinski definition) is 1. The van der Waals surface area contributed by atoms with Crippen LogP contribution < -0.4 is 0 Å². The van der Waals surface area contributed by atoms with E-state index in [1.165, 1.54) is 16.8 Å². The summed E-state index contributed by atoms with van der Waals surface area (Å²) in [5.74, 6) is -0.834. The minimum absolute atomic E-state index is 0.413. The highest BCUT2D eigenvalue weighted by atomic mass is 16.4. The second-order valence-electron chi connectivity index (χ2n) is 6.01. The number of nitrogens with zero attached hydrogens (tertiary/aromatic N) is 1. The predicted molar refractivity (Wildman–Crippen MR) is 91.9 cm³/mol. The van der Waals surface area contributed by atoms with Gasteiger partial charge in [0.05, 0.1) is 11.1 Å². The first-order valence-electron chi connectivity index (χ1n) is 8.42. The number of unbranched alkanes of at least 4 members (excludes halogenated alkanes) is 1. The fraction of sp³-hybridized carbons (Fsp3) is 0.526. The van der Waals surface area contributed by atoms with Gasteiger partial charge in [-0.2, -0.15) is 0 Å². The van der Waals surface area contributed by atoms with Gasteiger partial charge >= 0.3 is 5.97 Å². The van der Waals surface area contributed by atoms with Gasteiger partial charge in [-0.1, -0.05) is 27.2 Å². The molecule has 1 aromatic heterocycles. The predicted octanol–water partition coefficient (Wildman–Crippen LogP) is 4.96. The highest BCUT2D eigenvalue weighted by molar-refractivity contribution is 5.97. The molecular formula is C19H27NO2. The van der Waals surface area contributed by atoms with E-state index in [-0.39, 0.29) is 0 Å². The third-order valence-electron chi connectivity index (χ3n) is 4.48. The molecule has 0 saturated heterocycles. The molecule has 0 aliphatic heterocycles. The number of fused-ring (bicyclic) bond motifs is 1. The van der Waals surface area contributed by atoms with Crippen LogP contribution in [0, 0.1) is 6.92 Å². The lowest BCUT2D eigenvalue weighted by molar-refractivity contribution is 0.0697. The number of hydrogen-bond acceptors (Lipinski definition) is 1. The van der Waals surface area contributed by atoms with Crippen LogP contribution in [0.15, 0.2) is 12.1 Å². The van der Waals surface area contributed by atoms with Gasteiger partial charge in [0.25, 0.3) is 0 Å². The molecule has 0 amide bonds. The fourth-order valence-corrected chi connectivity index (χ4v) is 3.33. The molecule has 1 aromatic carbocycles. The molecule has 2 rings (SSSR count). The number of aromatic nitrogens is 1. The zero-order valence-corrected chi connectivity index (χ0v) is 14.2. The minimum Gasteiger partial charge on any atom is -0.478 e. The molecule has 0 spiro atoms. The largest absolute Gasteiger partial charge is 0.478 e. The first kappa shape index (κ1) is 16.6. The van der Waals surface area contributed by atoms with Crippen LogP contribution in [0.3, 0.4) is 0 Å². The van der Waals surface area contributed by atoms with E-state index in [0.29, 0.717) is 5.56 Å². The number of aryl methyl sites for hydroxylation is 3. The average molecular weight is 301 g/mol. The van der Waals surface area contributed by atoms with Crippen molar-refractivity contribution in [1.29, 1.82) is 0 Å². The van der Waals surface area contributed by atoms with E-state index in [0.717, 1.165) is 49.6 Å². The minimum atomic E-state index is -0.834. The summed E-state index contributed by atoms with van der Waals surface area (Å²) in [5, 5.41) is 10.6. The Morgan fingerprint density at radius 2 is 1.91 bits per heavy atom. The van der Waals surface area contributed by atoms with Crippen molar-refractivity contribution in [3.8, 4) is 0 Å². The molecule has 0 saturated carbocycles. The molecule has 0 fully saturated rings. The van der Waals surface area contributed by atoms with Crippen LogP contribution in [-0.2, 0) is 19.4 Å². The summed E-state index contributed by atoms with van der Waals surface area (Å²) in [7, 11) is 0. The molecule has 0 atom stereocenters. The van der Waals surface area contributed by atoms with Crippen LogP contribution in [0.4, 0.5) is 0 Å². The van der Waals surface area contributed by atoms with E-state index >= 15 is 0 Å². The average Bonchev–Trinajstić information content (AvgIpc) is 2.77. The summed E-state index contributed by atoms with van der Waals surface area (Å²) in [6, 6.07) is 3.72. The van der Waals surface area contributed by atoms with Crippen molar-refractivity contribution >= 4 is 16.9 Å². The third-order valence-corrected chi connectivity index (χ3v) is 4.48. The normalized spacial score (nSPS) is 11.3. The third kappa shape index (κ3) is 2.90. The molecule has 22 heavy (non-hydrogen) atoms. The van der Waals surface area contributed by atoms with Gasteiger partial charge in [-0.25, -0.2) is 4.79 Å². The van der Waals surface area contributed by atoms with Crippen molar-refractivity contribution in [2.24, 2.45) is 0 Å². The van der Waals surface area contributed by atoms with Gasteiger partial charge in [-0.3, -0.25) is 0 Å². The number of rotatable bonds is 7. The van der Waals surface area contributed by atoms with Crippen molar-refractivity contribution in [3.63, 3.8) is 0 Å². The van der Waals surface area contributed by atoms with Crippen molar-refractivity contribution in [3.05, 3.63) is 34.5 Å². The number of benzene rings is 1. The maximum Gasteiger partial charge on any atom is 0.335 e. The Hall–Kier alpha value is -1.77. The summed E-state index contributed by atoms with van der Waals surface area (Å²) in [6.07, 6.45) is 5.27. The lowest BCUT2D eigenvalue weighted by Gasteiger charge is -2.10. The van der Waals surface area contributed by atoms with Crippen LogP contribution in [0.1, 0.15) is 67.2 Å². The number of carboxylic acids is 1. The van der Waals surface area contributed by atoms with Gasteiger partial charge in [0.15, 0.2) is 0 Å².